The Morgan fingerprint density at radius 1 is 1.27 bits per heavy atom. The van der Waals surface area contributed by atoms with Crippen LogP contribution in [0.1, 0.15) is 85.8 Å². The number of carbonyl (C=O) groups excluding carboxylic acids is 2. The van der Waals surface area contributed by atoms with Gasteiger partial charge in [-0.05, 0) is 50.0 Å². The Morgan fingerprint density at radius 2 is 1.97 bits per heavy atom. The molecule has 0 aliphatic carbocycles. The Kier molecular flexibility index (Phi) is 10.1. The second kappa shape index (κ2) is 12.3. The summed E-state index contributed by atoms with van der Waals surface area (Å²) in [6.45, 7) is 11.0. The molecule has 2 aliphatic heterocycles. The number of fused-ring (bicyclic) bond motifs is 1. The molecule has 0 bridgehead atoms. The van der Waals surface area contributed by atoms with Gasteiger partial charge in [0.2, 0.25) is 0 Å². The highest BCUT2D eigenvalue weighted by Crippen LogP contribution is 2.45. The number of hydrogen-bond donors (Lipinski definition) is 2. The fourth-order valence-electron chi connectivity index (χ4n) is 5.28. The summed E-state index contributed by atoms with van der Waals surface area (Å²) in [5, 5.41) is 23.8. The van der Waals surface area contributed by atoms with E-state index in [0.717, 1.165) is 34.9 Å². The predicted molar refractivity (Wildman–Crippen MR) is 148 cm³/mol. The van der Waals surface area contributed by atoms with Crippen LogP contribution in [0.3, 0.4) is 0 Å². The van der Waals surface area contributed by atoms with Crippen molar-refractivity contribution >= 4 is 40.9 Å². The predicted octanol–water partition coefficient (Wildman–Crippen LogP) is 5.28. The van der Waals surface area contributed by atoms with E-state index in [4.69, 9.17) is 9.47 Å². The van der Waals surface area contributed by atoms with Gasteiger partial charge in [-0.15, -0.1) is 11.3 Å². The lowest BCUT2D eigenvalue weighted by Crippen LogP contribution is -2.45. The zero-order chi connectivity index (χ0) is 27.5. The molecule has 7 nitrogen and oxygen atoms in total. The average molecular weight is 554 g/mol. The largest absolute Gasteiger partial charge is 0.458 e. The molecular weight excluding hydrogens is 510 g/mol. The number of nitrogens with zero attached hydrogens (tertiary/aromatic N) is 1. The number of rotatable bonds is 4. The number of epoxide rings is 1. The first-order valence-electron chi connectivity index (χ1n) is 13.3. The SMILES string of the molecule is CCC(=Cc1csc(SC)n1)C1CC2OC2(C)CCCC(C)C(O)C(C)C(=O)C(C)(C)C(O)CC(=O)O1. The molecule has 2 saturated heterocycles. The van der Waals surface area contributed by atoms with Crippen molar-refractivity contribution in [3.63, 3.8) is 0 Å². The highest BCUT2D eigenvalue weighted by molar-refractivity contribution is 8.00. The lowest BCUT2D eigenvalue weighted by molar-refractivity contribution is -0.154. The molecule has 0 radical (unpaired) electrons. The van der Waals surface area contributed by atoms with Gasteiger partial charge in [0.15, 0.2) is 0 Å². The minimum Gasteiger partial charge on any atom is -0.458 e. The van der Waals surface area contributed by atoms with E-state index in [-0.39, 0.29) is 29.8 Å². The van der Waals surface area contributed by atoms with Crippen LogP contribution in [0.25, 0.3) is 6.08 Å². The molecule has 0 aromatic carbocycles. The molecule has 3 heterocycles. The fraction of sp³-hybridized carbons (Fsp3) is 0.750. The van der Waals surface area contributed by atoms with Crippen molar-refractivity contribution in [2.75, 3.05) is 6.26 Å². The summed E-state index contributed by atoms with van der Waals surface area (Å²) < 4.78 is 13.1. The molecule has 2 N–H and O–H groups in total. The molecule has 3 rings (SSSR count). The molecule has 0 spiro atoms. The Balaban J connectivity index is 1.89. The molecule has 1 aromatic rings. The first-order chi connectivity index (χ1) is 17.3. The number of thiazole rings is 1. The van der Waals surface area contributed by atoms with Crippen molar-refractivity contribution < 1.29 is 29.3 Å². The summed E-state index contributed by atoms with van der Waals surface area (Å²) in [7, 11) is 0. The van der Waals surface area contributed by atoms with Crippen LogP contribution >= 0.6 is 23.1 Å². The number of ketones is 1. The van der Waals surface area contributed by atoms with Gasteiger partial charge in [0.1, 0.15) is 16.2 Å². The van der Waals surface area contributed by atoms with E-state index < -0.39 is 35.6 Å². The Bertz CT molecular complexity index is 991. The van der Waals surface area contributed by atoms with Crippen LogP contribution in [0.2, 0.25) is 0 Å². The number of cyclic esters (lactones) is 1. The number of carbonyl (C=O) groups is 2. The molecule has 37 heavy (non-hydrogen) atoms. The molecule has 1 aromatic heterocycles. The molecule has 0 amide bonds. The minimum atomic E-state index is -1.23. The number of aromatic nitrogens is 1. The maximum Gasteiger partial charge on any atom is 0.309 e. The van der Waals surface area contributed by atoms with E-state index in [0.29, 0.717) is 12.8 Å². The van der Waals surface area contributed by atoms with E-state index in [1.54, 1.807) is 43.9 Å². The number of thioether (sulfide) groups is 1. The fourth-order valence-corrected chi connectivity index (χ4v) is 6.51. The first kappa shape index (κ1) is 30.3. The van der Waals surface area contributed by atoms with Gasteiger partial charge in [0, 0.05) is 17.7 Å². The number of hydrogen-bond acceptors (Lipinski definition) is 9. The molecule has 0 saturated carbocycles. The van der Waals surface area contributed by atoms with Gasteiger partial charge in [-0.25, -0.2) is 4.98 Å². The van der Waals surface area contributed by atoms with E-state index in [9.17, 15) is 19.8 Å². The molecule has 7 atom stereocenters. The van der Waals surface area contributed by atoms with Crippen LogP contribution in [0.4, 0.5) is 0 Å². The van der Waals surface area contributed by atoms with Gasteiger partial charge in [0.05, 0.1) is 41.4 Å². The van der Waals surface area contributed by atoms with Crippen molar-refractivity contribution in [3.05, 3.63) is 16.6 Å². The summed E-state index contributed by atoms with van der Waals surface area (Å²) in [4.78, 5) is 31.0. The smallest absolute Gasteiger partial charge is 0.309 e. The maximum absolute atomic E-state index is 13.3. The van der Waals surface area contributed by atoms with E-state index in [1.165, 1.54) is 0 Å². The summed E-state index contributed by atoms with van der Waals surface area (Å²) in [5.74, 6) is -1.54. The number of aliphatic hydroxyl groups is 2. The van der Waals surface area contributed by atoms with Gasteiger partial charge >= 0.3 is 5.97 Å². The van der Waals surface area contributed by atoms with Gasteiger partial charge < -0.3 is 19.7 Å². The van der Waals surface area contributed by atoms with Crippen molar-refractivity contribution in [2.24, 2.45) is 17.3 Å². The standard InChI is InChI=1S/C28H43NO6S2/c1-8-18(12-19-15-37-26(29-19)36-7)20-13-22-28(6,35-22)11-9-10-16(2)24(32)17(3)25(33)27(4,5)21(30)14-23(31)34-20/h12,15-17,20-22,24,30,32H,8-11,13-14H2,1-7H3. The quantitative estimate of drug-likeness (QED) is 0.294. The lowest BCUT2D eigenvalue weighted by Gasteiger charge is -2.34. The topological polar surface area (TPSA) is 109 Å². The second-order valence-corrected chi connectivity index (χ2v) is 13.3. The van der Waals surface area contributed by atoms with Gasteiger partial charge in [-0.1, -0.05) is 52.8 Å². The Hall–Kier alpha value is -1.26. The van der Waals surface area contributed by atoms with Crippen molar-refractivity contribution in [3.8, 4) is 0 Å². The molecule has 2 fully saturated rings. The van der Waals surface area contributed by atoms with Crippen LogP contribution in [0.15, 0.2) is 15.3 Å². The third kappa shape index (κ3) is 7.24. The van der Waals surface area contributed by atoms with Crippen LogP contribution < -0.4 is 0 Å². The molecule has 7 unspecified atom stereocenters. The summed E-state index contributed by atoms with van der Waals surface area (Å²) in [6, 6.07) is 0. The third-order valence-electron chi connectivity index (χ3n) is 8.24. The second-order valence-electron chi connectivity index (χ2n) is 11.4. The number of esters is 1. The average Bonchev–Trinajstić information content (AvgIpc) is 3.25. The van der Waals surface area contributed by atoms with Crippen LogP contribution in [-0.4, -0.2) is 63.2 Å². The molecule has 208 valence electrons. The van der Waals surface area contributed by atoms with E-state index >= 15 is 0 Å². The van der Waals surface area contributed by atoms with Gasteiger partial charge in [0.25, 0.3) is 0 Å². The number of aliphatic hydroxyl groups excluding tert-OH is 2. The van der Waals surface area contributed by atoms with Crippen LogP contribution in [-0.2, 0) is 19.1 Å². The summed E-state index contributed by atoms with van der Waals surface area (Å²) in [5.41, 5.74) is 0.269. The van der Waals surface area contributed by atoms with Gasteiger partial charge in [-0.2, -0.15) is 0 Å². The molecular formula is C28H43NO6S2. The lowest BCUT2D eigenvalue weighted by atomic mass is 9.73. The molecule has 2 aliphatic rings. The number of Topliss-reactive ketones (excluding diaryl/α,β-unsaturated/α-hetero) is 1. The van der Waals surface area contributed by atoms with Crippen molar-refractivity contribution in [2.45, 2.75) is 114 Å². The summed E-state index contributed by atoms with van der Waals surface area (Å²) >= 11 is 3.17. The normalized spacial score (nSPS) is 36.1. The highest BCUT2D eigenvalue weighted by atomic mass is 32.2. The van der Waals surface area contributed by atoms with Crippen LogP contribution in [0, 0.1) is 17.3 Å². The first-order valence-corrected chi connectivity index (χ1v) is 15.4. The van der Waals surface area contributed by atoms with E-state index in [2.05, 4.69) is 11.9 Å². The van der Waals surface area contributed by atoms with Crippen LogP contribution in [0.5, 0.6) is 0 Å². The van der Waals surface area contributed by atoms with Crippen molar-refractivity contribution in [1.29, 1.82) is 0 Å². The van der Waals surface area contributed by atoms with Crippen molar-refractivity contribution in [1.82, 2.24) is 4.98 Å². The summed E-state index contributed by atoms with van der Waals surface area (Å²) in [6.07, 6.45) is 4.71. The Morgan fingerprint density at radius 3 is 2.59 bits per heavy atom. The van der Waals surface area contributed by atoms with E-state index in [1.807, 2.05) is 31.6 Å². The molecule has 9 heteroatoms. The Labute approximate surface area is 229 Å². The zero-order valence-corrected chi connectivity index (χ0v) is 24.8. The van der Waals surface area contributed by atoms with Gasteiger partial charge in [-0.3, -0.25) is 9.59 Å². The highest BCUT2D eigenvalue weighted by Gasteiger charge is 2.53. The number of ether oxygens (including phenoxy) is 2. The monoisotopic (exact) mass is 553 g/mol. The minimum absolute atomic E-state index is 0.0487. The zero-order valence-electron chi connectivity index (χ0n) is 23.2. The maximum atomic E-state index is 13.3. The third-order valence-corrected chi connectivity index (χ3v) is 10.1.